The highest BCUT2D eigenvalue weighted by Gasteiger charge is 2.49. The molecular weight excluding hydrogens is 180 g/mol. The second-order valence-corrected chi connectivity index (χ2v) is 5.27. The Balaban J connectivity index is 1.61. The number of hydrogen-bond donors (Lipinski definition) is 1. The zero-order valence-corrected chi connectivity index (χ0v) is 8.49. The first-order chi connectivity index (χ1) is 6.27. The van der Waals surface area contributed by atoms with E-state index in [1.807, 2.05) is 0 Å². The molecule has 1 spiro atoms. The van der Waals surface area contributed by atoms with Crippen molar-refractivity contribution in [2.75, 3.05) is 0 Å². The maximum atomic E-state index is 5.06. The predicted octanol–water partition coefficient (Wildman–Crippen LogP) is 2.24. The van der Waals surface area contributed by atoms with Crippen LogP contribution in [0.25, 0.3) is 0 Å². The van der Waals surface area contributed by atoms with Crippen molar-refractivity contribution in [2.24, 2.45) is 16.4 Å². The molecule has 1 aliphatic heterocycles. The molecule has 70 valence electrons. The Morgan fingerprint density at radius 2 is 2.15 bits per heavy atom. The van der Waals surface area contributed by atoms with Gasteiger partial charge in [0.2, 0.25) is 0 Å². The molecule has 0 unspecified atom stereocenters. The fraction of sp³-hybridized carbons (Fsp3) is 0.800. The molecule has 0 amide bonds. The topological polar surface area (TPSA) is 24.4 Å². The van der Waals surface area contributed by atoms with E-state index < -0.39 is 0 Å². The minimum Gasteiger partial charge on any atom is -0.271 e. The monoisotopic (exact) mass is 194 g/mol. The molecule has 0 radical (unpaired) electrons. The van der Waals surface area contributed by atoms with Crippen LogP contribution in [-0.4, -0.2) is 10.7 Å². The van der Waals surface area contributed by atoms with E-state index in [9.17, 15) is 0 Å². The Kier molecular flexibility index (Phi) is 1.54. The lowest BCUT2D eigenvalue weighted by molar-refractivity contribution is 0.00330. The normalized spacial score (nSPS) is 30.8. The van der Waals surface area contributed by atoms with Crippen LogP contribution in [0.5, 0.6) is 0 Å². The molecule has 2 nitrogen and oxygen atoms in total. The average molecular weight is 194 g/mol. The highest BCUT2D eigenvalue weighted by atomic mass is 32.1. The smallest absolute Gasteiger partial charge is 0.102 e. The van der Waals surface area contributed by atoms with Gasteiger partial charge in [0.1, 0.15) is 4.99 Å². The van der Waals surface area contributed by atoms with Gasteiger partial charge in [-0.1, -0.05) is 18.6 Å². The van der Waals surface area contributed by atoms with E-state index in [0.29, 0.717) is 0 Å². The lowest BCUT2D eigenvalue weighted by atomic mass is 9.51. The minimum absolute atomic E-state index is 0.758. The molecule has 1 N–H and O–H groups in total. The molecule has 0 atom stereocenters. The molecule has 0 aromatic heterocycles. The largest absolute Gasteiger partial charge is 0.271 e. The van der Waals surface area contributed by atoms with E-state index in [1.54, 1.807) is 0 Å². The van der Waals surface area contributed by atoms with Crippen LogP contribution in [0.4, 0.5) is 0 Å². The Morgan fingerprint density at radius 1 is 1.38 bits per heavy atom. The van der Waals surface area contributed by atoms with Crippen LogP contribution >= 0.6 is 12.2 Å². The van der Waals surface area contributed by atoms with Gasteiger partial charge in [-0.3, -0.25) is 5.43 Å². The van der Waals surface area contributed by atoms with Crippen LogP contribution < -0.4 is 5.43 Å². The van der Waals surface area contributed by atoms with Crippen molar-refractivity contribution in [1.29, 1.82) is 0 Å². The SMILES string of the molecule is S=C1CC(C2CC3(CCC3)C2)=NN1. The van der Waals surface area contributed by atoms with E-state index in [0.717, 1.165) is 22.7 Å². The van der Waals surface area contributed by atoms with Gasteiger partial charge in [-0.15, -0.1) is 0 Å². The Morgan fingerprint density at radius 3 is 2.62 bits per heavy atom. The van der Waals surface area contributed by atoms with Crippen molar-refractivity contribution in [3.05, 3.63) is 0 Å². The molecule has 13 heavy (non-hydrogen) atoms. The van der Waals surface area contributed by atoms with Gasteiger partial charge in [-0.2, -0.15) is 5.10 Å². The highest BCUT2D eigenvalue weighted by Crippen LogP contribution is 2.59. The summed E-state index contributed by atoms with van der Waals surface area (Å²) in [7, 11) is 0. The van der Waals surface area contributed by atoms with Crippen molar-refractivity contribution in [1.82, 2.24) is 5.43 Å². The summed E-state index contributed by atoms with van der Waals surface area (Å²) < 4.78 is 0. The molecule has 2 aliphatic carbocycles. The number of nitrogens with one attached hydrogen (secondary N) is 1. The van der Waals surface area contributed by atoms with Crippen LogP contribution in [0.1, 0.15) is 38.5 Å². The summed E-state index contributed by atoms with van der Waals surface area (Å²) in [5, 5.41) is 4.29. The molecule has 0 bridgehead atoms. The minimum atomic E-state index is 0.758. The molecule has 3 heteroatoms. The second-order valence-electron chi connectivity index (χ2n) is 4.77. The van der Waals surface area contributed by atoms with E-state index in [4.69, 9.17) is 12.2 Å². The van der Waals surface area contributed by atoms with E-state index in [-0.39, 0.29) is 0 Å². The molecule has 2 saturated carbocycles. The highest BCUT2D eigenvalue weighted by molar-refractivity contribution is 7.80. The van der Waals surface area contributed by atoms with Gasteiger partial charge in [0.15, 0.2) is 0 Å². The first-order valence-electron chi connectivity index (χ1n) is 5.13. The van der Waals surface area contributed by atoms with Crippen LogP contribution in [0, 0.1) is 11.3 Å². The molecule has 2 fully saturated rings. The molecule has 3 rings (SSSR count). The van der Waals surface area contributed by atoms with E-state index in [2.05, 4.69) is 10.5 Å². The summed E-state index contributed by atoms with van der Waals surface area (Å²) in [6, 6.07) is 0. The van der Waals surface area contributed by atoms with Crippen LogP contribution in [0.15, 0.2) is 5.10 Å². The Labute approximate surface area is 83.8 Å². The van der Waals surface area contributed by atoms with Crippen molar-refractivity contribution in [3.63, 3.8) is 0 Å². The third-order valence-electron chi connectivity index (χ3n) is 3.91. The van der Waals surface area contributed by atoms with E-state index in [1.165, 1.54) is 37.8 Å². The summed E-state index contributed by atoms with van der Waals surface area (Å²) >= 11 is 5.06. The van der Waals surface area contributed by atoms with Crippen LogP contribution in [0.2, 0.25) is 0 Å². The Hall–Kier alpha value is -0.440. The summed E-state index contributed by atoms with van der Waals surface area (Å²) in [6.45, 7) is 0. The van der Waals surface area contributed by atoms with Gasteiger partial charge in [-0.05, 0) is 31.1 Å². The molecule has 3 aliphatic rings. The first kappa shape index (κ1) is 7.92. The van der Waals surface area contributed by atoms with Crippen molar-refractivity contribution < 1.29 is 0 Å². The maximum Gasteiger partial charge on any atom is 0.102 e. The summed E-state index contributed by atoms with van der Waals surface area (Å²) in [5.74, 6) is 0.758. The van der Waals surface area contributed by atoms with E-state index >= 15 is 0 Å². The van der Waals surface area contributed by atoms with Gasteiger partial charge in [0.05, 0.1) is 0 Å². The lowest BCUT2D eigenvalue weighted by Gasteiger charge is -2.54. The van der Waals surface area contributed by atoms with Gasteiger partial charge >= 0.3 is 0 Å². The predicted molar refractivity (Wildman–Crippen MR) is 56.8 cm³/mol. The van der Waals surface area contributed by atoms with Gasteiger partial charge < -0.3 is 0 Å². The molecule has 0 saturated heterocycles. The van der Waals surface area contributed by atoms with Crippen molar-refractivity contribution >= 4 is 22.9 Å². The average Bonchev–Trinajstić information content (AvgIpc) is 2.29. The summed E-state index contributed by atoms with van der Waals surface area (Å²) in [5.41, 5.74) is 4.98. The summed E-state index contributed by atoms with van der Waals surface area (Å²) in [6.07, 6.45) is 8.08. The fourth-order valence-electron chi connectivity index (χ4n) is 2.92. The summed E-state index contributed by atoms with van der Waals surface area (Å²) in [4.78, 5) is 0.907. The zero-order valence-electron chi connectivity index (χ0n) is 7.68. The maximum absolute atomic E-state index is 5.06. The van der Waals surface area contributed by atoms with Gasteiger partial charge in [0.25, 0.3) is 0 Å². The number of hydrogen-bond acceptors (Lipinski definition) is 2. The number of nitrogens with zero attached hydrogens (tertiary/aromatic N) is 1. The Bertz CT molecular complexity index is 283. The van der Waals surface area contributed by atoms with Crippen molar-refractivity contribution in [3.8, 4) is 0 Å². The molecule has 0 aromatic rings. The number of thiocarbonyl (C=S) groups is 1. The fourth-order valence-corrected chi connectivity index (χ4v) is 3.11. The molecule has 0 aromatic carbocycles. The quantitative estimate of drug-likeness (QED) is 0.647. The standard InChI is InChI=1S/C10H14N2S/c13-9-4-8(11-12-9)7-5-10(6-7)2-1-3-10/h7H,1-6H2,(H,12,13). The van der Waals surface area contributed by atoms with Gasteiger partial charge in [0, 0.05) is 18.1 Å². The van der Waals surface area contributed by atoms with Crippen molar-refractivity contribution in [2.45, 2.75) is 38.5 Å². The third-order valence-corrected chi connectivity index (χ3v) is 4.15. The third kappa shape index (κ3) is 1.13. The number of rotatable bonds is 1. The number of hydrazone groups is 1. The molecular formula is C10H14N2S. The van der Waals surface area contributed by atoms with Crippen LogP contribution in [-0.2, 0) is 0 Å². The lowest BCUT2D eigenvalue weighted by Crippen LogP contribution is -2.45. The van der Waals surface area contributed by atoms with Crippen LogP contribution in [0.3, 0.4) is 0 Å². The second kappa shape index (κ2) is 2.53. The molecule has 1 heterocycles. The van der Waals surface area contributed by atoms with Gasteiger partial charge in [-0.25, -0.2) is 0 Å². The first-order valence-corrected chi connectivity index (χ1v) is 5.54. The zero-order chi connectivity index (χ0) is 8.89.